The van der Waals surface area contributed by atoms with Crippen LogP contribution in [0.4, 0.5) is 15.8 Å². The van der Waals surface area contributed by atoms with Gasteiger partial charge in [-0.1, -0.05) is 67.1 Å². The van der Waals surface area contributed by atoms with E-state index in [0.717, 1.165) is 22.5 Å². The molecule has 1 aliphatic heterocycles. The average molecular weight is 527 g/mol. The molecule has 0 spiro atoms. The number of hydrogen-bond acceptors (Lipinski definition) is 2. The van der Waals surface area contributed by atoms with Crippen LogP contribution in [0.5, 0.6) is 0 Å². The summed E-state index contributed by atoms with van der Waals surface area (Å²) in [5, 5.41) is 0.597. The molecule has 4 nitrogen and oxygen atoms in total. The summed E-state index contributed by atoms with van der Waals surface area (Å²) in [7, 11) is 0. The molecule has 0 saturated heterocycles. The maximum atomic E-state index is 14.0. The van der Waals surface area contributed by atoms with Gasteiger partial charge in [0.1, 0.15) is 5.82 Å². The summed E-state index contributed by atoms with van der Waals surface area (Å²) in [6, 6.07) is 30.2. The van der Waals surface area contributed by atoms with Crippen LogP contribution in [0.15, 0.2) is 103 Å². The van der Waals surface area contributed by atoms with Crippen LogP contribution in [0.3, 0.4) is 0 Å². The molecule has 192 valence electrons. The van der Waals surface area contributed by atoms with Crippen molar-refractivity contribution in [1.29, 1.82) is 0 Å². The fourth-order valence-electron chi connectivity index (χ4n) is 5.26. The van der Waals surface area contributed by atoms with Gasteiger partial charge in [-0.05, 0) is 78.6 Å². The smallest absolute Gasteiger partial charge is 0.258 e. The number of carbonyl (C=O) groups excluding carboxylic acids is 2. The Morgan fingerprint density at radius 1 is 0.895 bits per heavy atom. The first-order valence-corrected chi connectivity index (χ1v) is 13.1. The molecule has 38 heavy (non-hydrogen) atoms. The fourth-order valence-corrected chi connectivity index (χ4v) is 5.38. The second-order valence-electron chi connectivity index (χ2n) is 9.43. The van der Waals surface area contributed by atoms with E-state index in [-0.39, 0.29) is 23.9 Å². The van der Waals surface area contributed by atoms with E-state index in [1.165, 1.54) is 24.3 Å². The number of benzene rings is 4. The van der Waals surface area contributed by atoms with Crippen LogP contribution in [-0.4, -0.2) is 17.9 Å². The van der Waals surface area contributed by atoms with E-state index < -0.39 is 5.82 Å². The summed E-state index contributed by atoms with van der Waals surface area (Å²) >= 11 is 6.16. The first kappa shape index (κ1) is 25.7. The highest BCUT2D eigenvalue weighted by Crippen LogP contribution is 2.44. The molecular weight excluding hydrogens is 499 g/mol. The number of amides is 2. The zero-order chi connectivity index (χ0) is 26.6. The van der Waals surface area contributed by atoms with Gasteiger partial charge in [-0.3, -0.25) is 9.59 Å². The second-order valence-corrected chi connectivity index (χ2v) is 9.87. The zero-order valence-electron chi connectivity index (χ0n) is 21.1. The third-order valence-electron chi connectivity index (χ3n) is 7.03. The summed E-state index contributed by atoms with van der Waals surface area (Å²) < 4.78 is 13.7. The van der Waals surface area contributed by atoms with Gasteiger partial charge in [-0.2, -0.15) is 0 Å². The van der Waals surface area contributed by atoms with Gasteiger partial charge in [0.25, 0.3) is 5.91 Å². The summed E-state index contributed by atoms with van der Waals surface area (Å²) in [5.41, 5.74) is 3.91. The number of carbonyl (C=O) groups is 2. The third kappa shape index (κ3) is 5.20. The summed E-state index contributed by atoms with van der Waals surface area (Å²) in [6.07, 6.45) is 1.48. The second kappa shape index (κ2) is 11.2. The Morgan fingerprint density at radius 3 is 2.24 bits per heavy atom. The van der Waals surface area contributed by atoms with Crippen molar-refractivity contribution in [2.45, 2.75) is 38.3 Å². The van der Waals surface area contributed by atoms with Gasteiger partial charge < -0.3 is 9.80 Å². The number of rotatable bonds is 6. The predicted octanol–water partition coefficient (Wildman–Crippen LogP) is 7.63. The molecule has 0 saturated carbocycles. The number of nitrogens with zero attached hydrogens (tertiary/aromatic N) is 2. The lowest BCUT2D eigenvalue weighted by Crippen LogP contribution is -2.49. The maximum absolute atomic E-state index is 14.0. The van der Waals surface area contributed by atoms with Crippen molar-refractivity contribution < 1.29 is 14.0 Å². The van der Waals surface area contributed by atoms with Crippen molar-refractivity contribution in [3.63, 3.8) is 0 Å². The van der Waals surface area contributed by atoms with Gasteiger partial charge in [0.05, 0.1) is 6.04 Å². The molecule has 0 aliphatic carbocycles. The van der Waals surface area contributed by atoms with Gasteiger partial charge in [-0.15, -0.1) is 0 Å². The van der Waals surface area contributed by atoms with Gasteiger partial charge in [0.15, 0.2) is 0 Å². The molecule has 0 N–H and O–H groups in total. The molecule has 1 aliphatic rings. The molecule has 5 rings (SSSR count). The Morgan fingerprint density at radius 2 is 1.55 bits per heavy atom. The highest BCUT2D eigenvalue weighted by Gasteiger charge is 2.40. The molecule has 6 heteroatoms. The lowest BCUT2D eigenvalue weighted by molar-refractivity contribution is -0.118. The van der Waals surface area contributed by atoms with Crippen molar-refractivity contribution in [2.75, 3.05) is 9.80 Å². The Bertz CT molecular complexity index is 1420. The van der Waals surface area contributed by atoms with E-state index in [0.29, 0.717) is 29.8 Å². The van der Waals surface area contributed by atoms with Crippen LogP contribution in [0.25, 0.3) is 0 Å². The molecule has 2 unspecified atom stereocenters. The molecule has 4 aromatic carbocycles. The van der Waals surface area contributed by atoms with Gasteiger partial charge in [0.2, 0.25) is 5.91 Å². The monoisotopic (exact) mass is 526 g/mol. The predicted molar refractivity (Wildman–Crippen MR) is 150 cm³/mol. The van der Waals surface area contributed by atoms with Crippen molar-refractivity contribution in [3.8, 4) is 0 Å². The highest BCUT2D eigenvalue weighted by atomic mass is 35.5. The third-order valence-corrected chi connectivity index (χ3v) is 7.28. The lowest BCUT2D eigenvalue weighted by Gasteiger charge is -2.45. The molecule has 1 heterocycles. The quantitative estimate of drug-likeness (QED) is 0.259. The maximum Gasteiger partial charge on any atom is 0.258 e. The first-order chi connectivity index (χ1) is 18.5. The van der Waals surface area contributed by atoms with Crippen LogP contribution in [0.2, 0.25) is 5.02 Å². The average Bonchev–Trinajstić information content (AvgIpc) is 2.94. The summed E-state index contributed by atoms with van der Waals surface area (Å²) in [5.74, 6) is -0.598. The number of anilines is 2. The van der Waals surface area contributed by atoms with Crippen molar-refractivity contribution in [1.82, 2.24) is 0 Å². The Kier molecular flexibility index (Phi) is 7.57. The molecule has 0 bridgehead atoms. The number of fused-ring (bicyclic) bond motifs is 1. The van der Waals surface area contributed by atoms with Crippen LogP contribution in [0.1, 0.15) is 47.3 Å². The topological polar surface area (TPSA) is 40.6 Å². The molecule has 0 aromatic heterocycles. The minimum absolute atomic E-state index is 0.0103. The molecule has 0 radical (unpaired) electrons. The molecule has 4 aromatic rings. The van der Waals surface area contributed by atoms with Crippen molar-refractivity contribution >= 4 is 34.8 Å². The van der Waals surface area contributed by atoms with E-state index in [1.54, 1.807) is 12.1 Å². The zero-order valence-corrected chi connectivity index (χ0v) is 21.8. The molecule has 2 amide bonds. The molecular formula is C32H28ClFN2O2. The fraction of sp³-hybridized carbons (Fsp3) is 0.188. The molecule has 0 fully saturated rings. The first-order valence-electron chi connectivity index (χ1n) is 12.8. The summed E-state index contributed by atoms with van der Waals surface area (Å²) in [6.45, 7) is 1.85. The van der Waals surface area contributed by atoms with Crippen LogP contribution in [-0.2, 0) is 11.2 Å². The van der Waals surface area contributed by atoms with Crippen LogP contribution >= 0.6 is 11.6 Å². The van der Waals surface area contributed by atoms with E-state index in [1.807, 2.05) is 83.5 Å². The lowest BCUT2D eigenvalue weighted by atomic mass is 9.86. The van der Waals surface area contributed by atoms with Gasteiger partial charge in [0, 0.05) is 34.4 Å². The minimum Gasteiger partial charge on any atom is -0.305 e. The highest BCUT2D eigenvalue weighted by molar-refractivity contribution is 6.30. The Labute approximate surface area is 227 Å². The Balaban J connectivity index is 1.64. The van der Waals surface area contributed by atoms with Crippen LogP contribution < -0.4 is 9.80 Å². The van der Waals surface area contributed by atoms with Gasteiger partial charge in [-0.25, -0.2) is 4.39 Å². The van der Waals surface area contributed by atoms with Crippen LogP contribution in [0, 0.1) is 5.82 Å². The largest absolute Gasteiger partial charge is 0.305 e. The van der Waals surface area contributed by atoms with Crippen molar-refractivity contribution in [3.05, 3.63) is 131 Å². The molecule has 2 atom stereocenters. The number of halogens is 2. The van der Waals surface area contributed by atoms with E-state index in [2.05, 4.69) is 0 Å². The number of para-hydroxylation sites is 1. The SMILES string of the molecule is CCC(=O)N(c1ccc(Cl)cc1)C1CC(Cc2ccccc2)N(C(=O)c2ccc(F)cc2)c2ccccc21. The van der Waals surface area contributed by atoms with E-state index in [4.69, 9.17) is 11.6 Å². The number of hydrogen-bond donors (Lipinski definition) is 0. The normalized spacial score (nSPS) is 16.6. The van der Waals surface area contributed by atoms with Gasteiger partial charge >= 0.3 is 0 Å². The van der Waals surface area contributed by atoms with Crippen molar-refractivity contribution in [2.24, 2.45) is 0 Å². The summed E-state index contributed by atoms with van der Waals surface area (Å²) in [4.78, 5) is 31.0. The van der Waals surface area contributed by atoms with E-state index >= 15 is 0 Å². The standard InChI is InChI=1S/C32H28ClFN2O2/c1-2-31(37)35(26-18-14-24(33)15-19-26)30-21-27(20-22-8-4-3-5-9-22)36(29-11-7-6-10-28(29)30)32(38)23-12-16-25(34)17-13-23/h3-19,27,30H,2,20-21H2,1H3. The minimum atomic E-state index is -0.391. The Hall–Kier alpha value is -3.96. The van der Waals surface area contributed by atoms with E-state index in [9.17, 15) is 14.0 Å².